The van der Waals surface area contributed by atoms with Crippen LogP contribution < -0.4 is 20.0 Å². The van der Waals surface area contributed by atoms with Gasteiger partial charge in [0.1, 0.15) is 23.9 Å². The first kappa shape index (κ1) is 34.8. The largest absolute Gasteiger partial charge is 0.508 e. The molecule has 53 heavy (non-hydrogen) atoms. The monoisotopic (exact) mass is 734 g/mol. The number of allylic oxidation sites excluding steroid dienone is 2. The number of hydrogen-bond donors (Lipinski definition) is 3. The van der Waals surface area contributed by atoms with Gasteiger partial charge < -0.3 is 19.9 Å². The number of aromatic hydroxyl groups is 1. The number of phenols is 1. The Bertz CT molecular complexity index is 2230. The highest BCUT2D eigenvalue weighted by Gasteiger charge is 2.68. The lowest BCUT2D eigenvalue weighted by molar-refractivity contribution is -0.131. The molecule has 4 amide bonds. The molecule has 4 aliphatic rings. The van der Waals surface area contributed by atoms with Crippen LogP contribution in [0.2, 0.25) is 5.02 Å². The number of fused-ring (bicyclic) bond motifs is 4. The van der Waals surface area contributed by atoms with Gasteiger partial charge in [-0.1, -0.05) is 71.8 Å². The van der Waals surface area contributed by atoms with Crippen LogP contribution in [0.25, 0.3) is 0 Å². The molecule has 6 atom stereocenters. The molecular formula is C40H33BClFN2O8. The van der Waals surface area contributed by atoms with Crippen LogP contribution in [0.15, 0.2) is 103 Å². The average Bonchev–Trinajstić information content (AvgIpc) is 3.52. The summed E-state index contributed by atoms with van der Waals surface area (Å²) < 4.78 is 20.2. The lowest BCUT2D eigenvalue weighted by atomic mass is 9.51. The fourth-order valence-electron chi connectivity index (χ4n) is 8.91. The molecule has 3 N–H and O–H groups in total. The first-order valence-electron chi connectivity index (χ1n) is 17.3. The van der Waals surface area contributed by atoms with Gasteiger partial charge in [0.2, 0.25) is 23.6 Å². The number of carbonyl (C=O) groups is 4. The van der Waals surface area contributed by atoms with E-state index in [9.17, 15) is 38.7 Å². The van der Waals surface area contributed by atoms with Crippen molar-refractivity contribution in [3.05, 3.63) is 125 Å². The molecule has 0 unspecified atom stereocenters. The summed E-state index contributed by atoms with van der Waals surface area (Å²) in [7, 11) is -1.82. The number of ether oxygens (including phenoxy) is 1. The Balaban J connectivity index is 1.22. The van der Waals surface area contributed by atoms with Crippen LogP contribution in [-0.2, 0) is 25.8 Å². The Morgan fingerprint density at radius 3 is 2.34 bits per heavy atom. The van der Waals surface area contributed by atoms with Crippen LogP contribution in [0.3, 0.4) is 0 Å². The summed E-state index contributed by atoms with van der Waals surface area (Å²) in [6, 6.07) is 23.8. The van der Waals surface area contributed by atoms with E-state index in [1.54, 1.807) is 25.1 Å². The first-order valence-corrected chi connectivity index (χ1v) is 17.6. The number of rotatable bonds is 7. The highest BCUT2D eigenvalue weighted by atomic mass is 35.5. The molecule has 13 heteroatoms. The number of carbonyl (C=O) groups excluding carboxylic acids is 4. The van der Waals surface area contributed by atoms with Crippen molar-refractivity contribution in [3.63, 3.8) is 0 Å². The number of anilines is 2. The topological polar surface area (TPSA) is 145 Å². The van der Waals surface area contributed by atoms with E-state index < -0.39 is 71.6 Å². The molecule has 4 aromatic rings. The molecular weight excluding hydrogens is 702 g/mol. The smallest absolute Gasteiger partial charge is 0.488 e. The Morgan fingerprint density at radius 1 is 0.868 bits per heavy atom. The van der Waals surface area contributed by atoms with Gasteiger partial charge >= 0.3 is 7.12 Å². The van der Waals surface area contributed by atoms with E-state index in [2.05, 4.69) is 0 Å². The summed E-state index contributed by atoms with van der Waals surface area (Å²) in [6.07, 6.45) is 2.07. The zero-order valence-electron chi connectivity index (χ0n) is 28.4. The molecule has 2 heterocycles. The molecule has 1 saturated carbocycles. The predicted octanol–water partition coefficient (Wildman–Crippen LogP) is 4.88. The van der Waals surface area contributed by atoms with Crippen molar-refractivity contribution in [2.75, 3.05) is 9.80 Å². The van der Waals surface area contributed by atoms with Crippen LogP contribution in [0, 0.1) is 34.9 Å². The van der Waals surface area contributed by atoms with E-state index in [1.807, 2.05) is 36.4 Å². The summed E-state index contributed by atoms with van der Waals surface area (Å²) in [5.74, 6) is -6.86. The number of benzene rings is 4. The Labute approximate surface area is 309 Å². The normalized spacial score (nSPS) is 26.3. The minimum atomic E-state index is -1.82. The van der Waals surface area contributed by atoms with Crippen molar-refractivity contribution >= 4 is 59.2 Å². The van der Waals surface area contributed by atoms with Crippen LogP contribution in [0.1, 0.15) is 36.8 Å². The van der Waals surface area contributed by atoms with Gasteiger partial charge in [-0.3, -0.25) is 24.1 Å². The molecule has 4 aromatic carbocycles. The summed E-state index contributed by atoms with van der Waals surface area (Å²) in [6.45, 7) is 1.92. The highest BCUT2D eigenvalue weighted by molar-refractivity contribution is 6.58. The number of phenolic OH excluding ortho intramolecular Hbond substituents is 1. The van der Waals surface area contributed by atoms with Crippen LogP contribution in [0.4, 0.5) is 15.8 Å². The summed E-state index contributed by atoms with van der Waals surface area (Å²) in [4.78, 5) is 59.5. The lowest BCUT2D eigenvalue weighted by Gasteiger charge is -2.49. The van der Waals surface area contributed by atoms with Crippen molar-refractivity contribution in [1.82, 2.24) is 0 Å². The Kier molecular flexibility index (Phi) is 8.51. The molecule has 10 nitrogen and oxygen atoms in total. The van der Waals surface area contributed by atoms with Gasteiger partial charge in [-0.05, 0) is 73.1 Å². The second-order valence-corrected chi connectivity index (χ2v) is 14.6. The third kappa shape index (κ3) is 5.46. The van der Waals surface area contributed by atoms with Gasteiger partial charge in [0.15, 0.2) is 0 Å². The van der Waals surface area contributed by atoms with Crippen molar-refractivity contribution in [3.8, 4) is 11.5 Å². The van der Waals surface area contributed by atoms with E-state index in [-0.39, 0.29) is 47.1 Å². The van der Waals surface area contributed by atoms with Gasteiger partial charge in [0.25, 0.3) is 0 Å². The average molecular weight is 735 g/mol. The molecule has 0 bridgehead atoms. The molecule has 0 radical (unpaired) electrons. The minimum Gasteiger partial charge on any atom is -0.508 e. The van der Waals surface area contributed by atoms with Crippen molar-refractivity contribution in [1.29, 1.82) is 0 Å². The number of hydrogen-bond acceptors (Lipinski definition) is 8. The SMILES string of the molecule is C[C@@]12C(=O)N(c3ccc(F)c(Cl)c3)C(=O)[C@@H]1C[C@@H]1C(=CC[C@@H]3C(=O)N(c4cccc(B(O)O)c4)C(=O)[C@@H]31)[C@@H]2c1ccc(OCc2ccccc2)cc1O. The molecule has 0 spiro atoms. The predicted molar refractivity (Wildman–Crippen MR) is 194 cm³/mol. The van der Waals surface area contributed by atoms with E-state index in [0.29, 0.717) is 16.9 Å². The molecule has 268 valence electrons. The third-order valence-corrected chi connectivity index (χ3v) is 11.7. The fourth-order valence-corrected chi connectivity index (χ4v) is 9.08. The maximum absolute atomic E-state index is 14.7. The molecule has 0 aromatic heterocycles. The van der Waals surface area contributed by atoms with Gasteiger partial charge in [-0.2, -0.15) is 0 Å². The molecule has 3 fully saturated rings. The van der Waals surface area contributed by atoms with Crippen molar-refractivity contribution < 1.29 is 43.5 Å². The molecule has 8 rings (SSSR count). The Hall–Kier alpha value is -5.30. The number of amides is 4. The van der Waals surface area contributed by atoms with Crippen LogP contribution >= 0.6 is 11.6 Å². The zero-order chi connectivity index (χ0) is 37.3. The second kappa shape index (κ2) is 13.0. The van der Waals surface area contributed by atoms with Gasteiger partial charge in [0.05, 0.1) is 39.6 Å². The van der Waals surface area contributed by atoms with E-state index >= 15 is 0 Å². The van der Waals surface area contributed by atoms with E-state index in [4.69, 9.17) is 16.3 Å². The summed E-state index contributed by atoms with van der Waals surface area (Å²) in [5.41, 5.74) is 0.839. The van der Waals surface area contributed by atoms with E-state index in [0.717, 1.165) is 21.4 Å². The van der Waals surface area contributed by atoms with Crippen molar-refractivity contribution in [2.24, 2.45) is 29.1 Å². The zero-order valence-corrected chi connectivity index (χ0v) is 29.1. The maximum atomic E-state index is 14.7. The quantitative estimate of drug-likeness (QED) is 0.139. The number of nitrogens with zero attached hydrogens (tertiary/aromatic N) is 2. The maximum Gasteiger partial charge on any atom is 0.488 e. The minimum absolute atomic E-state index is 0.0529. The number of imide groups is 2. The summed E-state index contributed by atoms with van der Waals surface area (Å²) in [5, 5.41) is 30.9. The Morgan fingerprint density at radius 2 is 1.62 bits per heavy atom. The molecule has 2 saturated heterocycles. The molecule has 2 aliphatic heterocycles. The van der Waals surface area contributed by atoms with Crippen LogP contribution in [-0.4, -0.2) is 45.9 Å². The van der Waals surface area contributed by atoms with E-state index in [1.165, 1.54) is 36.4 Å². The van der Waals surface area contributed by atoms with Crippen molar-refractivity contribution in [2.45, 2.75) is 32.3 Å². The van der Waals surface area contributed by atoms with Gasteiger partial charge in [-0.15, -0.1) is 0 Å². The standard InChI is InChI=1S/C40H33BClFN2O8/c1-40-30(37(48)45(39(40)50)24-10-15-32(43)31(42)17-24)19-29-26(35(40)27-12-11-25(18-33(27)46)53-20-21-6-3-2-4-7-21)13-14-28-34(29)38(49)44(36(28)47)23-9-5-8-22(16-23)41(51)52/h2-13,15-18,28-30,34-35,46,51-52H,14,19-20H2,1H3/t28-,29+,30-,34-,35+,40+/m0/s1. The third-order valence-electron chi connectivity index (χ3n) is 11.4. The second-order valence-electron chi connectivity index (χ2n) is 14.2. The van der Waals surface area contributed by atoms with Crippen LogP contribution in [0.5, 0.6) is 11.5 Å². The fraction of sp³-hybridized carbons (Fsp3) is 0.250. The lowest BCUT2D eigenvalue weighted by Crippen LogP contribution is -2.48. The first-order chi connectivity index (χ1) is 25.4. The molecule has 2 aliphatic carbocycles. The highest BCUT2D eigenvalue weighted by Crippen LogP contribution is 2.64. The van der Waals surface area contributed by atoms with Gasteiger partial charge in [0, 0.05) is 17.5 Å². The summed E-state index contributed by atoms with van der Waals surface area (Å²) >= 11 is 6.10. The van der Waals surface area contributed by atoms with Gasteiger partial charge in [-0.25, -0.2) is 9.29 Å². The number of halogens is 2.